The van der Waals surface area contributed by atoms with E-state index in [0.717, 1.165) is 38.6 Å². The third-order valence-electron chi connectivity index (χ3n) is 6.05. The van der Waals surface area contributed by atoms with Crippen LogP contribution in [0.2, 0.25) is 0 Å². The first-order valence-corrected chi connectivity index (χ1v) is 13.2. The summed E-state index contributed by atoms with van der Waals surface area (Å²) >= 11 is 0. The fourth-order valence-electron chi connectivity index (χ4n) is 3.96. The van der Waals surface area contributed by atoms with E-state index in [1.165, 1.54) is 17.7 Å². The SMILES string of the molecule is CCCCc1ccc(S(=O)(=O)N2CCC(CNC[C@@H](O)COc3ccc(O)cc3)CC2)cc1. The molecular weight excluding hydrogens is 440 g/mol. The Bertz CT molecular complexity index is 940. The van der Waals surface area contributed by atoms with Crippen molar-refractivity contribution in [3.8, 4) is 11.5 Å². The summed E-state index contributed by atoms with van der Waals surface area (Å²) in [6.45, 7) is 4.47. The van der Waals surface area contributed by atoms with Crippen LogP contribution < -0.4 is 10.1 Å². The van der Waals surface area contributed by atoms with Crippen LogP contribution in [0.15, 0.2) is 53.4 Å². The van der Waals surface area contributed by atoms with Crippen LogP contribution in [-0.4, -0.2) is 61.8 Å². The van der Waals surface area contributed by atoms with Crippen LogP contribution in [0.3, 0.4) is 0 Å². The molecular formula is C25H36N2O5S. The summed E-state index contributed by atoms with van der Waals surface area (Å²) in [7, 11) is -3.45. The number of hydrogen-bond donors (Lipinski definition) is 3. The molecule has 0 spiro atoms. The Kier molecular flexibility index (Phi) is 9.55. The van der Waals surface area contributed by atoms with Crippen molar-refractivity contribution in [2.45, 2.75) is 50.0 Å². The normalized spacial score (nSPS) is 16.5. The molecule has 0 aromatic heterocycles. The van der Waals surface area contributed by atoms with E-state index in [9.17, 15) is 18.6 Å². The highest BCUT2D eigenvalue weighted by molar-refractivity contribution is 7.89. The van der Waals surface area contributed by atoms with E-state index in [2.05, 4.69) is 12.2 Å². The lowest BCUT2D eigenvalue weighted by Crippen LogP contribution is -2.42. The molecule has 0 bridgehead atoms. The van der Waals surface area contributed by atoms with E-state index in [-0.39, 0.29) is 12.4 Å². The topological polar surface area (TPSA) is 99.1 Å². The van der Waals surface area contributed by atoms with E-state index in [4.69, 9.17) is 4.74 Å². The Labute approximate surface area is 197 Å². The molecule has 8 heteroatoms. The Morgan fingerprint density at radius 3 is 2.39 bits per heavy atom. The Hall–Kier alpha value is -2.13. The Balaban J connectivity index is 1.37. The number of aromatic hydroxyl groups is 1. The summed E-state index contributed by atoms with van der Waals surface area (Å²) in [4.78, 5) is 0.371. The van der Waals surface area contributed by atoms with Crippen molar-refractivity contribution in [1.82, 2.24) is 9.62 Å². The van der Waals surface area contributed by atoms with Gasteiger partial charge in [0.15, 0.2) is 0 Å². The van der Waals surface area contributed by atoms with Crippen molar-refractivity contribution in [3.05, 3.63) is 54.1 Å². The van der Waals surface area contributed by atoms with Gasteiger partial charge in [-0.3, -0.25) is 0 Å². The van der Waals surface area contributed by atoms with Gasteiger partial charge in [0.1, 0.15) is 24.2 Å². The van der Waals surface area contributed by atoms with Crippen LogP contribution in [0.1, 0.15) is 38.2 Å². The molecule has 3 N–H and O–H groups in total. The summed E-state index contributed by atoms with van der Waals surface area (Å²) in [5, 5.41) is 22.7. The van der Waals surface area contributed by atoms with Gasteiger partial charge in [-0.15, -0.1) is 0 Å². The molecule has 0 aliphatic carbocycles. The lowest BCUT2D eigenvalue weighted by molar-refractivity contribution is 0.104. The fraction of sp³-hybridized carbons (Fsp3) is 0.520. The van der Waals surface area contributed by atoms with Crippen LogP contribution in [-0.2, 0) is 16.4 Å². The maximum atomic E-state index is 13.0. The molecule has 1 atom stereocenters. The number of ether oxygens (including phenoxy) is 1. The summed E-state index contributed by atoms with van der Waals surface area (Å²) < 4.78 is 33.1. The molecule has 7 nitrogen and oxygen atoms in total. The molecule has 2 aromatic carbocycles. The van der Waals surface area contributed by atoms with Crippen molar-refractivity contribution < 1.29 is 23.4 Å². The molecule has 182 valence electrons. The highest BCUT2D eigenvalue weighted by Gasteiger charge is 2.29. The molecule has 1 aliphatic heterocycles. The predicted molar refractivity (Wildman–Crippen MR) is 129 cm³/mol. The lowest BCUT2D eigenvalue weighted by Gasteiger charge is -2.31. The quantitative estimate of drug-likeness (QED) is 0.435. The first-order chi connectivity index (χ1) is 15.9. The number of benzene rings is 2. The highest BCUT2D eigenvalue weighted by atomic mass is 32.2. The molecule has 0 radical (unpaired) electrons. The van der Waals surface area contributed by atoms with Crippen LogP contribution >= 0.6 is 0 Å². The van der Waals surface area contributed by atoms with Crippen LogP contribution in [0.25, 0.3) is 0 Å². The van der Waals surface area contributed by atoms with Gasteiger partial charge in [-0.1, -0.05) is 25.5 Å². The minimum Gasteiger partial charge on any atom is -0.508 e. The Morgan fingerprint density at radius 2 is 1.76 bits per heavy atom. The second-order valence-electron chi connectivity index (χ2n) is 8.71. The molecule has 33 heavy (non-hydrogen) atoms. The first kappa shape index (κ1) is 25.5. The van der Waals surface area contributed by atoms with E-state index >= 15 is 0 Å². The molecule has 0 saturated carbocycles. The highest BCUT2D eigenvalue weighted by Crippen LogP contribution is 2.24. The van der Waals surface area contributed by atoms with Crippen molar-refractivity contribution in [2.75, 3.05) is 32.8 Å². The van der Waals surface area contributed by atoms with Gasteiger partial charge in [-0.2, -0.15) is 4.31 Å². The minimum atomic E-state index is -3.45. The number of nitrogens with one attached hydrogen (secondary N) is 1. The van der Waals surface area contributed by atoms with E-state index in [1.54, 1.807) is 28.6 Å². The number of nitrogens with zero attached hydrogens (tertiary/aromatic N) is 1. The molecule has 3 rings (SSSR count). The molecule has 1 saturated heterocycles. The maximum Gasteiger partial charge on any atom is 0.243 e. The summed E-state index contributed by atoms with van der Waals surface area (Å²) in [5.41, 5.74) is 1.18. The number of sulfonamides is 1. The largest absolute Gasteiger partial charge is 0.508 e. The third kappa shape index (κ3) is 7.71. The first-order valence-electron chi connectivity index (χ1n) is 11.8. The van der Waals surface area contributed by atoms with Crippen molar-refractivity contribution in [2.24, 2.45) is 5.92 Å². The number of aliphatic hydroxyl groups is 1. The van der Waals surface area contributed by atoms with Crippen LogP contribution in [0.4, 0.5) is 0 Å². The van der Waals surface area contributed by atoms with Gasteiger partial charge in [0.25, 0.3) is 0 Å². The Morgan fingerprint density at radius 1 is 1.09 bits per heavy atom. The lowest BCUT2D eigenvalue weighted by atomic mass is 9.98. The molecule has 1 aliphatic rings. The van der Waals surface area contributed by atoms with Gasteiger partial charge in [0.05, 0.1) is 4.90 Å². The van der Waals surface area contributed by atoms with Crippen molar-refractivity contribution in [3.63, 3.8) is 0 Å². The molecule has 0 unspecified atom stereocenters. The van der Waals surface area contributed by atoms with Gasteiger partial charge in [-0.25, -0.2) is 8.42 Å². The monoisotopic (exact) mass is 476 g/mol. The van der Waals surface area contributed by atoms with Crippen molar-refractivity contribution >= 4 is 10.0 Å². The minimum absolute atomic E-state index is 0.158. The van der Waals surface area contributed by atoms with Gasteiger partial charge in [0, 0.05) is 19.6 Å². The van der Waals surface area contributed by atoms with Gasteiger partial charge >= 0.3 is 0 Å². The zero-order valence-electron chi connectivity index (χ0n) is 19.3. The average Bonchev–Trinajstić information content (AvgIpc) is 2.83. The molecule has 1 heterocycles. The van der Waals surface area contributed by atoms with Gasteiger partial charge in [0.2, 0.25) is 10.0 Å². The zero-order valence-corrected chi connectivity index (χ0v) is 20.1. The van der Waals surface area contributed by atoms with Gasteiger partial charge < -0.3 is 20.3 Å². The second kappa shape index (κ2) is 12.4. The number of aryl methyl sites for hydroxylation is 1. The number of hydrogen-bond acceptors (Lipinski definition) is 6. The fourth-order valence-corrected chi connectivity index (χ4v) is 5.43. The van der Waals surface area contributed by atoms with Gasteiger partial charge in [-0.05, 0) is 80.1 Å². The molecule has 2 aromatic rings. The predicted octanol–water partition coefficient (Wildman–Crippen LogP) is 3.17. The van der Waals surface area contributed by atoms with E-state index in [0.29, 0.717) is 36.2 Å². The van der Waals surface area contributed by atoms with Crippen LogP contribution in [0, 0.1) is 5.92 Å². The summed E-state index contributed by atoms with van der Waals surface area (Å²) in [6.07, 6.45) is 4.14. The number of piperidine rings is 1. The number of unbranched alkanes of at least 4 members (excludes halogenated alkanes) is 1. The summed E-state index contributed by atoms with van der Waals surface area (Å²) in [5.74, 6) is 1.14. The molecule has 1 fully saturated rings. The number of rotatable bonds is 12. The average molecular weight is 477 g/mol. The number of phenols is 1. The zero-order chi connectivity index (χ0) is 23.7. The van der Waals surface area contributed by atoms with Crippen molar-refractivity contribution in [1.29, 1.82) is 0 Å². The smallest absolute Gasteiger partial charge is 0.243 e. The summed E-state index contributed by atoms with van der Waals surface area (Å²) in [6, 6.07) is 13.7. The number of aliphatic hydroxyl groups excluding tert-OH is 1. The van der Waals surface area contributed by atoms with E-state index < -0.39 is 16.1 Å². The second-order valence-corrected chi connectivity index (χ2v) is 10.6. The van der Waals surface area contributed by atoms with Crippen LogP contribution in [0.5, 0.6) is 11.5 Å². The third-order valence-corrected chi connectivity index (χ3v) is 7.96. The van der Waals surface area contributed by atoms with E-state index in [1.807, 2.05) is 12.1 Å². The standard InChI is InChI=1S/C25H36N2O5S/c1-2-3-4-20-5-11-25(12-6-20)33(30,31)27-15-13-21(14-16-27)17-26-18-23(29)19-32-24-9-7-22(28)8-10-24/h5-12,21,23,26,28-29H,2-4,13-19H2,1H3/t23-/m1/s1. The number of phenolic OH excluding ortho intramolecular Hbond substituents is 1. The molecule has 0 amide bonds. The maximum absolute atomic E-state index is 13.0.